The lowest BCUT2D eigenvalue weighted by Crippen LogP contribution is -1.97. The van der Waals surface area contributed by atoms with Crippen molar-refractivity contribution in [2.75, 3.05) is 0 Å². The minimum Gasteiger partial charge on any atom is -0.298 e. The summed E-state index contributed by atoms with van der Waals surface area (Å²) in [7, 11) is 0. The highest BCUT2D eigenvalue weighted by Gasteiger charge is 2.19. The molecule has 3 aromatic rings. The SMILES string of the molecule is Cc1cc(Br)ccc1-n1cc(C(F)F)nc1-c1ccc(Cl)s1. The molecule has 2 heterocycles. The smallest absolute Gasteiger partial charge is 0.281 e. The van der Waals surface area contributed by atoms with Crippen LogP contribution in [0, 0.1) is 6.92 Å². The number of hydrogen-bond acceptors (Lipinski definition) is 2. The van der Waals surface area contributed by atoms with Crippen LogP contribution in [-0.4, -0.2) is 9.55 Å². The van der Waals surface area contributed by atoms with E-state index in [2.05, 4.69) is 20.9 Å². The highest BCUT2D eigenvalue weighted by molar-refractivity contribution is 9.10. The largest absolute Gasteiger partial charge is 0.298 e. The molecule has 22 heavy (non-hydrogen) atoms. The second-order valence-electron chi connectivity index (χ2n) is 4.69. The number of rotatable bonds is 3. The Hall–Kier alpha value is -1.24. The van der Waals surface area contributed by atoms with Gasteiger partial charge in [-0.25, -0.2) is 13.8 Å². The first-order chi connectivity index (χ1) is 10.5. The van der Waals surface area contributed by atoms with Crippen molar-refractivity contribution in [2.24, 2.45) is 0 Å². The Labute approximate surface area is 143 Å². The van der Waals surface area contributed by atoms with Gasteiger partial charge in [0.1, 0.15) is 5.69 Å². The summed E-state index contributed by atoms with van der Waals surface area (Å²) in [5.41, 5.74) is 1.51. The van der Waals surface area contributed by atoms with Crippen molar-refractivity contribution in [3.05, 3.63) is 56.6 Å². The number of aryl methyl sites for hydroxylation is 1. The Morgan fingerprint density at radius 2 is 2.05 bits per heavy atom. The zero-order chi connectivity index (χ0) is 15.9. The van der Waals surface area contributed by atoms with Crippen LogP contribution in [0.4, 0.5) is 8.78 Å². The summed E-state index contributed by atoms with van der Waals surface area (Å²) in [4.78, 5) is 4.84. The second kappa shape index (κ2) is 6.10. The molecule has 0 amide bonds. The van der Waals surface area contributed by atoms with Gasteiger partial charge < -0.3 is 0 Å². The van der Waals surface area contributed by atoms with Gasteiger partial charge in [0.05, 0.1) is 14.9 Å². The van der Waals surface area contributed by atoms with Crippen molar-refractivity contribution in [3.8, 4) is 16.4 Å². The fourth-order valence-corrected chi connectivity index (χ4v) is 3.69. The highest BCUT2D eigenvalue weighted by atomic mass is 79.9. The van der Waals surface area contributed by atoms with Gasteiger partial charge in [0.25, 0.3) is 6.43 Å². The van der Waals surface area contributed by atoms with Gasteiger partial charge in [0.15, 0.2) is 5.82 Å². The number of thiophene rings is 1. The molecular weight excluding hydrogens is 394 g/mol. The predicted octanol–water partition coefficient (Wildman–Crippen LogP) is 6.26. The molecule has 0 aliphatic rings. The normalized spacial score (nSPS) is 11.4. The molecule has 3 rings (SSSR count). The van der Waals surface area contributed by atoms with E-state index in [4.69, 9.17) is 11.6 Å². The molecule has 0 spiro atoms. The van der Waals surface area contributed by atoms with Crippen molar-refractivity contribution in [1.82, 2.24) is 9.55 Å². The summed E-state index contributed by atoms with van der Waals surface area (Å²) in [5, 5.41) is 0. The zero-order valence-corrected chi connectivity index (χ0v) is 14.5. The van der Waals surface area contributed by atoms with E-state index in [0.29, 0.717) is 10.2 Å². The summed E-state index contributed by atoms with van der Waals surface area (Å²) >= 11 is 10.7. The van der Waals surface area contributed by atoms with E-state index in [0.717, 1.165) is 20.6 Å². The van der Waals surface area contributed by atoms with Gasteiger partial charge in [-0.3, -0.25) is 4.57 Å². The summed E-state index contributed by atoms with van der Waals surface area (Å²) in [6.07, 6.45) is -1.24. The number of benzene rings is 1. The average Bonchev–Trinajstić information content (AvgIpc) is 3.05. The lowest BCUT2D eigenvalue weighted by atomic mass is 10.2. The Bertz CT molecular complexity index is 829. The number of nitrogens with zero attached hydrogens (tertiary/aromatic N) is 2. The predicted molar refractivity (Wildman–Crippen MR) is 89.3 cm³/mol. The summed E-state index contributed by atoms with van der Waals surface area (Å²) in [6.45, 7) is 1.92. The molecule has 0 aliphatic carbocycles. The Morgan fingerprint density at radius 3 is 2.64 bits per heavy atom. The number of hydrogen-bond donors (Lipinski definition) is 0. The van der Waals surface area contributed by atoms with Crippen LogP contribution in [0.25, 0.3) is 16.4 Å². The molecule has 0 N–H and O–H groups in total. The topological polar surface area (TPSA) is 17.8 Å². The molecule has 114 valence electrons. The van der Waals surface area contributed by atoms with Crippen LogP contribution >= 0.6 is 38.9 Å². The summed E-state index contributed by atoms with van der Waals surface area (Å²) < 4.78 is 29.3. The molecule has 0 saturated carbocycles. The van der Waals surface area contributed by atoms with E-state index in [-0.39, 0.29) is 5.69 Å². The van der Waals surface area contributed by atoms with Crippen LogP contribution in [0.1, 0.15) is 17.7 Å². The van der Waals surface area contributed by atoms with Crippen molar-refractivity contribution >= 4 is 38.9 Å². The van der Waals surface area contributed by atoms with Crippen molar-refractivity contribution < 1.29 is 8.78 Å². The molecule has 0 radical (unpaired) electrons. The molecule has 0 atom stereocenters. The molecular formula is C15H10BrClF2N2S. The molecule has 2 nitrogen and oxygen atoms in total. The van der Waals surface area contributed by atoms with Gasteiger partial charge in [0, 0.05) is 10.7 Å². The molecule has 1 aromatic carbocycles. The van der Waals surface area contributed by atoms with E-state index in [1.165, 1.54) is 17.5 Å². The van der Waals surface area contributed by atoms with Crippen molar-refractivity contribution in [2.45, 2.75) is 13.3 Å². The first kappa shape index (κ1) is 15.6. The number of imidazole rings is 1. The number of alkyl halides is 2. The fraction of sp³-hybridized carbons (Fsp3) is 0.133. The third kappa shape index (κ3) is 2.95. The van der Waals surface area contributed by atoms with Gasteiger partial charge >= 0.3 is 0 Å². The first-order valence-electron chi connectivity index (χ1n) is 6.35. The van der Waals surface area contributed by atoms with Crippen LogP contribution in [-0.2, 0) is 0 Å². The number of aromatic nitrogens is 2. The highest BCUT2D eigenvalue weighted by Crippen LogP contribution is 2.34. The van der Waals surface area contributed by atoms with Crippen LogP contribution in [0.2, 0.25) is 4.34 Å². The van der Waals surface area contributed by atoms with Crippen molar-refractivity contribution in [3.63, 3.8) is 0 Å². The van der Waals surface area contributed by atoms with E-state index in [1.807, 2.05) is 25.1 Å². The zero-order valence-electron chi connectivity index (χ0n) is 11.4. The van der Waals surface area contributed by atoms with E-state index in [9.17, 15) is 8.78 Å². The van der Waals surface area contributed by atoms with Crippen LogP contribution in [0.3, 0.4) is 0 Å². The van der Waals surface area contributed by atoms with Gasteiger partial charge in [-0.05, 0) is 42.8 Å². The number of halogens is 4. The van der Waals surface area contributed by atoms with Crippen LogP contribution < -0.4 is 0 Å². The minimum atomic E-state index is -2.62. The quantitative estimate of drug-likeness (QED) is 0.504. The minimum absolute atomic E-state index is 0.248. The second-order valence-corrected chi connectivity index (χ2v) is 7.33. The molecule has 0 unspecified atom stereocenters. The van der Waals surface area contributed by atoms with Gasteiger partial charge in [0.2, 0.25) is 0 Å². The molecule has 0 aliphatic heterocycles. The van der Waals surface area contributed by atoms with E-state index < -0.39 is 6.43 Å². The van der Waals surface area contributed by atoms with Crippen molar-refractivity contribution in [1.29, 1.82) is 0 Å². The third-order valence-electron chi connectivity index (χ3n) is 3.16. The van der Waals surface area contributed by atoms with E-state index in [1.54, 1.807) is 16.7 Å². The standard InChI is InChI=1S/C15H10BrClF2N2S/c1-8-6-9(16)2-3-11(8)21-7-10(14(18)19)20-15(21)12-4-5-13(17)22-12/h2-7,14H,1H3. The van der Waals surface area contributed by atoms with E-state index >= 15 is 0 Å². The van der Waals surface area contributed by atoms with Gasteiger partial charge in [-0.15, -0.1) is 11.3 Å². The van der Waals surface area contributed by atoms with Gasteiger partial charge in [-0.2, -0.15) is 0 Å². The lowest BCUT2D eigenvalue weighted by molar-refractivity contribution is 0.146. The van der Waals surface area contributed by atoms with Crippen LogP contribution in [0.15, 0.2) is 41.0 Å². The summed E-state index contributed by atoms with van der Waals surface area (Å²) in [5.74, 6) is 0.470. The molecule has 7 heteroatoms. The van der Waals surface area contributed by atoms with Crippen LogP contribution in [0.5, 0.6) is 0 Å². The Kier molecular flexibility index (Phi) is 4.34. The molecule has 0 fully saturated rings. The Morgan fingerprint density at radius 1 is 1.27 bits per heavy atom. The summed E-state index contributed by atoms with van der Waals surface area (Å²) in [6, 6.07) is 9.19. The lowest BCUT2D eigenvalue weighted by Gasteiger charge is -2.10. The maximum absolute atomic E-state index is 13.1. The fourth-order valence-electron chi connectivity index (χ4n) is 2.18. The maximum Gasteiger partial charge on any atom is 0.281 e. The molecule has 2 aromatic heterocycles. The first-order valence-corrected chi connectivity index (χ1v) is 8.34. The monoisotopic (exact) mass is 402 g/mol. The van der Waals surface area contributed by atoms with Gasteiger partial charge in [-0.1, -0.05) is 27.5 Å². The average molecular weight is 404 g/mol. The maximum atomic E-state index is 13.1. The third-order valence-corrected chi connectivity index (χ3v) is 4.88. The Balaban J connectivity index is 2.21. The molecule has 0 bridgehead atoms. The molecule has 0 saturated heterocycles.